The molecule has 0 unspecified atom stereocenters. The summed E-state index contributed by atoms with van der Waals surface area (Å²) in [5, 5.41) is 0. The molecule has 0 aromatic carbocycles. The second kappa shape index (κ2) is 5.57. The first-order valence-electron chi connectivity index (χ1n) is 6.86. The molecule has 0 spiro atoms. The second-order valence-corrected chi connectivity index (χ2v) is 8.49. The molecule has 3 rings (SSSR count). The number of sulfonamides is 1. The van der Waals surface area contributed by atoms with Gasteiger partial charge in [-0.05, 0) is 43.5 Å². The minimum Gasteiger partial charge on any atom is -0.468 e. The van der Waals surface area contributed by atoms with E-state index in [1.807, 2.05) is 6.92 Å². The highest BCUT2D eigenvalue weighted by Gasteiger charge is 2.39. The Kier molecular flexibility index (Phi) is 3.92. The van der Waals surface area contributed by atoms with Gasteiger partial charge >= 0.3 is 0 Å². The highest BCUT2D eigenvalue weighted by Crippen LogP contribution is 2.36. The van der Waals surface area contributed by atoms with Crippen LogP contribution in [0.15, 0.2) is 33.1 Å². The summed E-state index contributed by atoms with van der Waals surface area (Å²) in [6.07, 6.45) is 3.39. The first-order valence-corrected chi connectivity index (χ1v) is 9.11. The van der Waals surface area contributed by atoms with Crippen molar-refractivity contribution >= 4 is 21.4 Å². The van der Waals surface area contributed by atoms with Gasteiger partial charge in [0.15, 0.2) is 0 Å². The molecule has 0 radical (unpaired) electrons. The van der Waals surface area contributed by atoms with E-state index in [1.54, 1.807) is 28.8 Å². The molecule has 2 aromatic rings. The molecular formula is C14H18N2O3S2. The summed E-state index contributed by atoms with van der Waals surface area (Å²) in [5.41, 5.74) is 6.59. The topological polar surface area (TPSA) is 76.5 Å². The van der Waals surface area contributed by atoms with Gasteiger partial charge in [-0.15, -0.1) is 11.3 Å². The maximum Gasteiger partial charge on any atom is 0.253 e. The van der Waals surface area contributed by atoms with Crippen molar-refractivity contribution in [2.24, 2.45) is 5.73 Å². The van der Waals surface area contributed by atoms with E-state index in [0.29, 0.717) is 16.5 Å². The second-order valence-electron chi connectivity index (χ2n) is 5.24. The number of thiophene rings is 1. The van der Waals surface area contributed by atoms with Crippen molar-refractivity contribution in [3.63, 3.8) is 0 Å². The summed E-state index contributed by atoms with van der Waals surface area (Å²) in [5.74, 6) is 0.665. The quantitative estimate of drug-likeness (QED) is 0.884. The largest absolute Gasteiger partial charge is 0.468 e. The zero-order valence-electron chi connectivity index (χ0n) is 11.8. The minimum absolute atomic E-state index is 0.0869. The van der Waals surface area contributed by atoms with E-state index in [1.165, 1.54) is 11.3 Å². The Bertz CT molecular complexity index is 715. The van der Waals surface area contributed by atoms with Crippen molar-refractivity contribution in [1.82, 2.24) is 4.31 Å². The van der Waals surface area contributed by atoms with Crippen molar-refractivity contribution < 1.29 is 12.8 Å². The number of nitrogens with zero attached hydrogens (tertiary/aromatic N) is 1. The highest BCUT2D eigenvalue weighted by molar-refractivity contribution is 7.91. The van der Waals surface area contributed by atoms with Crippen molar-refractivity contribution in [2.75, 3.05) is 0 Å². The fourth-order valence-electron chi connectivity index (χ4n) is 2.26. The molecule has 114 valence electrons. The predicted octanol–water partition coefficient (Wildman–Crippen LogP) is 2.46. The zero-order valence-corrected chi connectivity index (χ0v) is 13.4. The average Bonchev–Trinajstić information content (AvgIpc) is 3.00. The van der Waals surface area contributed by atoms with Crippen molar-refractivity contribution in [2.45, 2.75) is 43.1 Å². The fraction of sp³-hybridized carbons (Fsp3) is 0.429. The van der Waals surface area contributed by atoms with Gasteiger partial charge in [-0.3, -0.25) is 0 Å². The summed E-state index contributed by atoms with van der Waals surface area (Å²) >= 11 is 1.27. The molecule has 0 aliphatic heterocycles. The molecule has 1 aliphatic carbocycles. The minimum atomic E-state index is -3.49. The van der Waals surface area contributed by atoms with Gasteiger partial charge < -0.3 is 10.2 Å². The maximum atomic E-state index is 12.9. The van der Waals surface area contributed by atoms with Crippen molar-refractivity contribution in [3.8, 4) is 0 Å². The van der Waals surface area contributed by atoms with E-state index in [-0.39, 0.29) is 12.6 Å². The van der Waals surface area contributed by atoms with Crippen LogP contribution in [0.3, 0.4) is 0 Å². The van der Waals surface area contributed by atoms with E-state index in [2.05, 4.69) is 0 Å². The lowest BCUT2D eigenvalue weighted by Gasteiger charge is -2.19. The SMILES string of the molecule is Cc1cc(S(=O)(=O)N(Cc2ccco2)C2CC2)sc1CN. The van der Waals surface area contributed by atoms with E-state index < -0.39 is 10.0 Å². The third-order valence-electron chi connectivity index (χ3n) is 3.59. The van der Waals surface area contributed by atoms with E-state index in [4.69, 9.17) is 10.2 Å². The van der Waals surface area contributed by atoms with Gasteiger partial charge in [0.1, 0.15) is 9.97 Å². The fourth-order valence-corrected chi connectivity index (χ4v) is 5.51. The van der Waals surface area contributed by atoms with Gasteiger partial charge in [0.05, 0.1) is 12.8 Å². The van der Waals surface area contributed by atoms with Crippen LogP contribution in [-0.4, -0.2) is 18.8 Å². The average molecular weight is 326 g/mol. The van der Waals surface area contributed by atoms with Crippen LogP contribution in [0.1, 0.15) is 29.0 Å². The number of furan rings is 1. The summed E-state index contributed by atoms with van der Waals surface area (Å²) in [7, 11) is -3.49. The van der Waals surface area contributed by atoms with Crippen LogP contribution in [-0.2, 0) is 23.1 Å². The zero-order chi connectivity index (χ0) is 15.0. The van der Waals surface area contributed by atoms with Crippen LogP contribution < -0.4 is 5.73 Å². The Morgan fingerprint density at radius 2 is 2.24 bits per heavy atom. The number of nitrogens with two attached hydrogens (primary N) is 1. The van der Waals surface area contributed by atoms with Gasteiger partial charge in [-0.25, -0.2) is 8.42 Å². The third-order valence-corrected chi connectivity index (χ3v) is 7.20. The van der Waals surface area contributed by atoms with E-state index in [0.717, 1.165) is 23.3 Å². The lowest BCUT2D eigenvalue weighted by atomic mass is 10.3. The molecule has 1 aliphatic rings. The molecule has 0 atom stereocenters. The van der Waals surface area contributed by atoms with Gasteiger partial charge in [0.2, 0.25) is 0 Å². The normalized spacial score (nSPS) is 15.8. The van der Waals surface area contributed by atoms with Crippen LogP contribution >= 0.6 is 11.3 Å². The van der Waals surface area contributed by atoms with Gasteiger partial charge in [0, 0.05) is 17.5 Å². The van der Waals surface area contributed by atoms with Crippen LogP contribution in [0.2, 0.25) is 0 Å². The third kappa shape index (κ3) is 2.91. The van der Waals surface area contributed by atoms with E-state index in [9.17, 15) is 8.42 Å². The molecule has 5 nitrogen and oxygen atoms in total. The molecule has 0 bridgehead atoms. The molecule has 0 saturated heterocycles. The van der Waals surface area contributed by atoms with Crippen LogP contribution in [0.25, 0.3) is 0 Å². The Morgan fingerprint density at radius 1 is 1.48 bits per heavy atom. The van der Waals surface area contributed by atoms with Crippen LogP contribution in [0, 0.1) is 6.92 Å². The number of hydrogen-bond donors (Lipinski definition) is 1. The van der Waals surface area contributed by atoms with Crippen LogP contribution in [0.4, 0.5) is 0 Å². The molecule has 7 heteroatoms. The standard InChI is InChI=1S/C14H18N2O3S2/c1-10-7-14(20-13(10)8-15)21(17,18)16(11-4-5-11)9-12-3-2-6-19-12/h2-3,6-7,11H,4-5,8-9,15H2,1H3. The smallest absolute Gasteiger partial charge is 0.253 e. The molecule has 2 N–H and O–H groups in total. The maximum absolute atomic E-state index is 12.9. The molecule has 2 heterocycles. The lowest BCUT2D eigenvalue weighted by Crippen LogP contribution is -2.32. The van der Waals surface area contributed by atoms with Crippen molar-refractivity contribution in [3.05, 3.63) is 40.7 Å². The number of hydrogen-bond acceptors (Lipinski definition) is 5. The Morgan fingerprint density at radius 3 is 2.76 bits per heavy atom. The molecule has 1 fully saturated rings. The lowest BCUT2D eigenvalue weighted by molar-refractivity contribution is 0.357. The summed E-state index contributed by atoms with van der Waals surface area (Å²) < 4.78 is 33.0. The number of rotatable bonds is 6. The first-order chi connectivity index (χ1) is 10.0. The number of aryl methyl sites for hydroxylation is 1. The molecular weight excluding hydrogens is 308 g/mol. The van der Waals surface area contributed by atoms with E-state index >= 15 is 0 Å². The summed E-state index contributed by atoms with van der Waals surface area (Å²) in [6.45, 7) is 2.55. The van der Waals surface area contributed by atoms with Gasteiger partial charge in [0.25, 0.3) is 10.0 Å². The Labute approximate surface area is 128 Å². The first kappa shape index (κ1) is 14.8. The highest BCUT2D eigenvalue weighted by atomic mass is 32.2. The molecule has 21 heavy (non-hydrogen) atoms. The summed E-state index contributed by atoms with van der Waals surface area (Å²) in [4.78, 5) is 0.919. The molecule has 2 aromatic heterocycles. The monoisotopic (exact) mass is 326 g/mol. The van der Waals surface area contributed by atoms with Gasteiger partial charge in [-0.1, -0.05) is 0 Å². The Balaban J connectivity index is 1.93. The molecule has 0 amide bonds. The molecule has 1 saturated carbocycles. The van der Waals surface area contributed by atoms with Crippen LogP contribution in [0.5, 0.6) is 0 Å². The van der Waals surface area contributed by atoms with Gasteiger partial charge in [-0.2, -0.15) is 4.31 Å². The van der Waals surface area contributed by atoms with Crippen molar-refractivity contribution in [1.29, 1.82) is 0 Å². The summed E-state index contributed by atoms with van der Waals surface area (Å²) in [6, 6.07) is 5.38. The Hall–Kier alpha value is -1.15. The predicted molar refractivity (Wildman–Crippen MR) is 81.4 cm³/mol.